The van der Waals surface area contributed by atoms with Crippen LogP contribution >= 0.6 is 0 Å². The van der Waals surface area contributed by atoms with Gasteiger partial charge in [-0.1, -0.05) is 0 Å². The van der Waals surface area contributed by atoms with Crippen molar-refractivity contribution in [3.8, 4) is 0 Å². The molecular weight excluding hydrogens is 314 g/mol. The molecule has 0 radical (unpaired) electrons. The van der Waals surface area contributed by atoms with Gasteiger partial charge in [0.25, 0.3) is 5.92 Å². The van der Waals surface area contributed by atoms with Crippen molar-refractivity contribution >= 4 is 16.0 Å². The second kappa shape index (κ2) is 5.09. The molecule has 22 heavy (non-hydrogen) atoms. The van der Waals surface area contributed by atoms with E-state index in [1.165, 1.54) is 4.31 Å². The fraction of sp³-hybridized carbons (Fsp3) is 0.692. The molecule has 0 aliphatic carbocycles. The van der Waals surface area contributed by atoms with Crippen molar-refractivity contribution < 1.29 is 17.2 Å². The molecule has 0 saturated carbocycles. The van der Waals surface area contributed by atoms with Crippen LogP contribution in [0.2, 0.25) is 0 Å². The lowest BCUT2D eigenvalue weighted by molar-refractivity contribution is -0.145. The Bertz CT molecular complexity index is 655. The van der Waals surface area contributed by atoms with Gasteiger partial charge in [-0.05, 0) is 12.5 Å². The first-order valence-corrected chi connectivity index (χ1v) is 8.93. The first-order valence-electron chi connectivity index (χ1n) is 7.09. The van der Waals surface area contributed by atoms with Crippen molar-refractivity contribution in [2.24, 2.45) is 5.41 Å². The van der Waals surface area contributed by atoms with E-state index in [2.05, 4.69) is 9.97 Å². The lowest BCUT2D eigenvalue weighted by Crippen LogP contribution is -2.58. The Morgan fingerprint density at radius 1 is 1.14 bits per heavy atom. The van der Waals surface area contributed by atoms with Crippen LogP contribution in [0.3, 0.4) is 0 Å². The van der Waals surface area contributed by atoms with E-state index >= 15 is 0 Å². The normalized spacial score (nSPS) is 29.1. The van der Waals surface area contributed by atoms with E-state index in [9.17, 15) is 17.2 Å². The van der Waals surface area contributed by atoms with Crippen LogP contribution in [0, 0.1) is 5.41 Å². The van der Waals surface area contributed by atoms with Gasteiger partial charge in [-0.15, -0.1) is 0 Å². The molecule has 0 unspecified atom stereocenters. The molecule has 1 aromatic heterocycles. The standard InChI is InChI=1S/C13H18F2N4O2S/c1-22(20,21)19-8-4-13(14,15)12(10-19)3-7-18(9-12)11-16-5-2-6-17-11/h2,5-6H,3-4,7-10H2,1H3/t12-/m1/s1. The van der Waals surface area contributed by atoms with Crippen LogP contribution in [0.15, 0.2) is 18.5 Å². The summed E-state index contributed by atoms with van der Waals surface area (Å²) in [5, 5.41) is 0. The van der Waals surface area contributed by atoms with E-state index in [-0.39, 0.29) is 26.1 Å². The number of aromatic nitrogens is 2. The maximum absolute atomic E-state index is 14.5. The molecule has 1 aromatic rings. The van der Waals surface area contributed by atoms with Crippen LogP contribution in [0.25, 0.3) is 0 Å². The zero-order valence-electron chi connectivity index (χ0n) is 12.2. The Balaban J connectivity index is 1.87. The van der Waals surface area contributed by atoms with Crippen LogP contribution in [0.4, 0.5) is 14.7 Å². The maximum Gasteiger partial charge on any atom is 0.257 e. The number of alkyl halides is 2. The molecule has 2 aliphatic heterocycles. The average Bonchev–Trinajstić information content (AvgIpc) is 2.88. The molecule has 2 saturated heterocycles. The highest BCUT2D eigenvalue weighted by molar-refractivity contribution is 7.88. The van der Waals surface area contributed by atoms with Gasteiger partial charge in [0.1, 0.15) is 0 Å². The van der Waals surface area contributed by atoms with Gasteiger partial charge < -0.3 is 4.90 Å². The fourth-order valence-electron chi connectivity index (χ4n) is 3.27. The molecule has 1 spiro atoms. The first kappa shape index (κ1) is 15.5. The minimum absolute atomic E-state index is 0.0655. The van der Waals surface area contributed by atoms with Crippen molar-refractivity contribution in [3.63, 3.8) is 0 Å². The third-order valence-electron chi connectivity index (χ3n) is 4.59. The van der Waals surface area contributed by atoms with Crippen molar-refractivity contribution in [3.05, 3.63) is 18.5 Å². The molecule has 0 aromatic carbocycles. The van der Waals surface area contributed by atoms with E-state index in [1.807, 2.05) is 0 Å². The summed E-state index contributed by atoms with van der Waals surface area (Å²) >= 11 is 0. The summed E-state index contributed by atoms with van der Waals surface area (Å²) in [5.41, 5.74) is -1.37. The van der Waals surface area contributed by atoms with Gasteiger partial charge in [0, 0.05) is 45.0 Å². The van der Waals surface area contributed by atoms with E-state index in [0.717, 1.165) is 6.26 Å². The van der Waals surface area contributed by atoms with E-state index < -0.39 is 27.8 Å². The summed E-state index contributed by atoms with van der Waals surface area (Å²) in [5.74, 6) is -2.48. The molecule has 6 nitrogen and oxygen atoms in total. The summed E-state index contributed by atoms with van der Waals surface area (Å²) in [4.78, 5) is 9.89. The zero-order valence-corrected chi connectivity index (χ0v) is 13.1. The molecule has 2 aliphatic rings. The molecule has 0 N–H and O–H groups in total. The summed E-state index contributed by atoms with van der Waals surface area (Å²) in [7, 11) is -3.47. The monoisotopic (exact) mass is 332 g/mol. The minimum Gasteiger partial charge on any atom is -0.340 e. The number of piperidine rings is 1. The maximum atomic E-state index is 14.5. The fourth-order valence-corrected chi connectivity index (χ4v) is 4.18. The molecule has 122 valence electrons. The molecule has 3 rings (SSSR count). The van der Waals surface area contributed by atoms with Gasteiger partial charge in [0.15, 0.2) is 0 Å². The van der Waals surface area contributed by atoms with Crippen molar-refractivity contribution in [2.45, 2.75) is 18.8 Å². The van der Waals surface area contributed by atoms with Crippen LogP contribution in [0.1, 0.15) is 12.8 Å². The van der Waals surface area contributed by atoms with E-state index in [0.29, 0.717) is 12.5 Å². The second-order valence-corrected chi connectivity index (χ2v) is 8.03. The summed E-state index contributed by atoms with van der Waals surface area (Å²) < 4.78 is 53.7. The molecule has 2 fully saturated rings. The topological polar surface area (TPSA) is 66.4 Å². The van der Waals surface area contributed by atoms with Crippen molar-refractivity contribution in [2.75, 3.05) is 37.3 Å². The third kappa shape index (κ3) is 2.56. The van der Waals surface area contributed by atoms with Crippen molar-refractivity contribution in [1.29, 1.82) is 0 Å². The average molecular weight is 332 g/mol. The lowest BCUT2D eigenvalue weighted by Gasteiger charge is -2.44. The Kier molecular flexibility index (Phi) is 3.59. The van der Waals surface area contributed by atoms with Crippen molar-refractivity contribution in [1.82, 2.24) is 14.3 Å². The second-order valence-electron chi connectivity index (χ2n) is 6.05. The Labute approximate surface area is 128 Å². The van der Waals surface area contributed by atoms with Gasteiger partial charge in [-0.2, -0.15) is 0 Å². The van der Waals surface area contributed by atoms with Gasteiger partial charge in [0.2, 0.25) is 16.0 Å². The molecule has 0 amide bonds. The van der Waals surface area contributed by atoms with Crippen LogP contribution in [-0.2, 0) is 10.0 Å². The largest absolute Gasteiger partial charge is 0.340 e. The minimum atomic E-state index is -3.47. The predicted molar refractivity (Wildman–Crippen MR) is 77.3 cm³/mol. The van der Waals surface area contributed by atoms with Gasteiger partial charge in [-0.3, -0.25) is 0 Å². The van der Waals surface area contributed by atoms with E-state index in [1.54, 1.807) is 23.4 Å². The molecule has 0 bridgehead atoms. The third-order valence-corrected chi connectivity index (χ3v) is 5.84. The van der Waals surface area contributed by atoms with Crippen LogP contribution in [0.5, 0.6) is 0 Å². The Morgan fingerprint density at radius 2 is 1.82 bits per heavy atom. The zero-order chi connectivity index (χ0) is 16.0. The van der Waals surface area contributed by atoms with Gasteiger partial charge in [0.05, 0.1) is 11.7 Å². The molecule has 9 heteroatoms. The quantitative estimate of drug-likeness (QED) is 0.807. The smallest absolute Gasteiger partial charge is 0.257 e. The summed E-state index contributed by atoms with van der Waals surface area (Å²) in [6.07, 6.45) is 3.98. The highest BCUT2D eigenvalue weighted by Crippen LogP contribution is 2.50. The Hall–Kier alpha value is -1.35. The summed E-state index contributed by atoms with van der Waals surface area (Å²) in [6, 6.07) is 1.66. The number of sulfonamides is 1. The number of nitrogens with zero attached hydrogens (tertiary/aromatic N) is 4. The summed E-state index contributed by atoms with van der Waals surface area (Å²) in [6.45, 7) is 0.185. The number of rotatable bonds is 2. The molecule has 3 heterocycles. The van der Waals surface area contributed by atoms with Gasteiger partial charge in [-0.25, -0.2) is 31.5 Å². The lowest BCUT2D eigenvalue weighted by atomic mass is 9.76. The number of hydrogen-bond donors (Lipinski definition) is 0. The molecule has 1 atom stereocenters. The first-order chi connectivity index (χ1) is 10.2. The predicted octanol–water partition coefficient (Wildman–Crippen LogP) is 0.974. The Morgan fingerprint density at radius 3 is 2.45 bits per heavy atom. The highest BCUT2D eigenvalue weighted by atomic mass is 32.2. The number of anilines is 1. The van der Waals surface area contributed by atoms with Crippen LogP contribution < -0.4 is 4.90 Å². The molecular formula is C13H18F2N4O2S. The number of hydrogen-bond acceptors (Lipinski definition) is 5. The SMILES string of the molecule is CS(=O)(=O)N1CCC(F)(F)[C@@]2(CCN(c3ncccn3)C2)C1. The number of halogens is 2. The van der Waals surface area contributed by atoms with Gasteiger partial charge >= 0.3 is 0 Å². The van der Waals surface area contributed by atoms with Crippen LogP contribution in [-0.4, -0.2) is 61.0 Å². The highest BCUT2D eigenvalue weighted by Gasteiger charge is 2.60. The van der Waals surface area contributed by atoms with E-state index in [4.69, 9.17) is 0 Å².